The minimum absolute atomic E-state index is 0.319. The zero-order chi connectivity index (χ0) is 13.8. The molecular weight excluding hydrogens is 246 g/mol. The third-order valence-corrected chi connectivity index (χ3v) is 2.83. The fourth-order valence-electron chi connectivity index (χ4n) is 1.77. The lowest BCUT2D eigenvalue weighted by Crippen LogP contribution is -2.31. The van der Waals surface area contributed by atoms with Gasteiger partial charge in [0.15, 0.2) is 0 Å². The first kappa shape index (κ1) is 13.1. The fraction of sp³-hybridized carbons (Fsp3) is 0.308. The molecule has 0 radical (unpaired) electrons. The number of hydrogen-bond acceptors (Lipinski definition) is 3. The van der Waals surface area contributed by atoms with Crippen molar-refractivity contribution in [1.29, 1.82) is 0 Å². The summed E-state index contributed by atoms with van der Waals surface area (Å²) in [6, 6.07) is 8.36. The number of rotatable bonds is 4. The monoisotopic (exact) mass is 261 g/mol. The van der Waals surface area contributed by atoms with Gasteiger partial charge in [-0.2, -0.15) is 4.68 Å². The second-order valence-corrected chi connectivity index (χ2v) is 4.21. The van der Waals surface area contributed by atoms with E-state index in [-0.39, 0.29) is 0 Å². The summed E-state index contributed by atoms with van der Waals surface area (Å²) in [7, 11) is 0. The Morgan fingerprint density at radius 2 is 1.89 bits per heavy atom. The van der Waals surface area contributed by atoms with Crippen molar-refractivity contribution in [3.05, 3.63) is 56.9 Å². The molecule has 1 aromatic carbocycles. The van der Waals surface area contributed by atoms with Gasteiger partial charge in [0.05, 0.1) is 0 Å². The summed E-state index contributed by atoms with van der Waals surface area (Å²) < 4.78 is 1.80. The van der Waals surface area contributed by atoms with Crippen LogP contribution in [0.2, 0.25) is 0 Å². The first-order chi connectivity index (χ1) is 9.15. The zero-order valence-corrected chi connectivity index (χ0v) is 10.6. The summed E-state index contributed by atoms with van der Waals surface area (Å²) in [6.07, 6.45) is 1.58. The highest BCUT2D eigenvalue weighted by Gasteiger charge is 2.15. The molecule has 0 fully saturated rings. The molecule has 6 heteroatoms. The van der Waals surface area contributed by atoms with Crippen LogP contribution < -0.4 is 11.4 Å². The maximum Gasteiger partial charge on any atom is 0.354 e. The average Bonchev–Trinajstić information content (AvgIpc) is 2.72. The smallest absolute Gasteiger partial charge is 0.267 e. The summed E-state index contributed by atoms with van der Waals surface area (Å²) in [6.45, 7) is 2.28. The molecule has 0 bridgehead atoms. The molecule has 0 saturated heterocycles. The third kappa shape index (κ3) is 2.57. The largest absolute Gasteiger partial charge is 0.354 e. The first-order valence-corrected chi connectivity index (χ1v) is 6.16. The normalized spacial score (nSPS) is 10.6. The van der Waals surface area contributed by atoms with Crippen LogP contribution in [0.25, 0.3) is 0 Å². The molecule has 0 aliphatic heterocycles. The van der Waals surface area contributed by atoms with E-state index in [0.29, 0.717) is 18.5 Å². The van der Waals surface area contributed by atoms with Gasteiger partial charge in [-0.05, 0) is 18.6 Å². The molecule has 0 amide bonds. The number of hydrogen-bond donors (Lipinski definition) is 1. The van der Waals surface area contributed by atoms with Gasteiger partial charge in [0.2, 0.25) is 0 Å². The van der Waals surface area contributed by atoms with Crippen LogP contribution in [0.1, 0.15) is 30.1 Å². The Morgan fingerprint density at radius 1 is 1.21 bits per heavy atom. The molecule has 19 heavy (non-hydrogen) atoms. The van der Waals surface area contributed by atoms with Crippen molar-refractivity contribution in [3.63, 3.8) is 0 Å². The van der Waals surface area contributed by atoms with E-state index < -0.39 is 17.3 Å². The topological polar surface area (TPSA) is 76.9 Å². The van der Waals surface area contributed by atoms with Gasteiger partial charge in [0, 0.05) is 12.1 Å². The average molecular weight is 261 g/mol. The summed E-state index contributed by atoms with van der Waals surface area (Å²) in [4.78, 5) is 35.7. The molecule has 0 spiro atoms. The Hall–Kier alpha value is -2.37. The molecule has 1 heterocycles. The predicted molar refractivity (Wildman–Crippen MR) is 70.4 cm³/mol. The maximum absolute atomic E-state index is 12.1. The van der Waals surface area contributed by atoms with Crippen LogP contribution in [0.15, 0.2) is 39.9 Å². The van der Waals surface area contributed by atoms with Crippen molar-refractivity contribution in [2.75, 3.05) is 0 Å². The second-order valence-electron chi connectivity index (χ2n) is 4.21. The van der Waals surface area contributed by atoms with Crippen molar-refractivity contribution in [2.45, 2.75) is 26.3 Å². The van der Waals surface area contributed by atoms with E-state index in [4.69, 9.17) is 0 Å². The van der Waals surface area contributed by atoms with Crippen molar-refractivity contribution in [3.8, 4) is 0 Å². The lowest BCUT2D eigenvalue weighted by Gasteiger charge is -1.99. The number of nitrogens with one attached hydrogen (secondary N) is 1. The second kappa shape index (κ2) is 5.51. The number of aromatic amines is 1. The molecule has 0 unspecified atom stereocenters. The number of carbonyl (C=O) groups excluding carboxylic acids is 1. The molecule has 0 aliphatic carbocycles. The Bertz CT molecular complexity index is 679. The Kier molecular flexibility index (Phi) is 3.79. The molecule has 1 aromatic heterocycles. The van der Waals surface area contributed by atoms with Crippen LogP contribution in [-0.4, -0.2) is 20.3 Å². The molecular formula is C13H15N3O3. The van der Waals surface area contributed by atoms with Crippen LogP contribution in [0, 0.1) is 0 Å². The molecule has 6 nitrogen and oxygen atoms in total. The molecule has 0 aliphatic rings. The lowest BCUT2D eigenvalue weighted by atomic mass is 10.2. The van der Waals surface area contributed by atoms with Gasteiger partial charge in [-0.3, -0.25) is 4.79 Å². The van der Waals surface area contributed by atoms with E-state index in [0.717, 1.165) is 15.7 Å². The van der Waals surface area contributed by atoms with Gasteiger partial charge in [0.25, 0.3) is 5.91 Å². The van der Waals surface area contributed by atoms with Gasteiger partial charge in [-0.25, -0.2) is 19.3 Å². The van der Waals surface area contributed by atoms with Crippen LogP contribution in [0.4, 0.5) is 0 Å². The van der Waals surface area contributed by atoms with Crippen molar-refractivity contribution < 1.29 is 4.79 Å². The van der Waals surface area contributed by atoms with Crippen molar-refractivity contribution in [1.82, 2.24) is 14.3 Å². The third-order valence-electron chi connectivity index (χ3n) is 2.83. The van der Waals surface area contributed by atoms with E-state index in [1.54, 1.807) is 30.3 Å². The van der Waals surface area contributed by atoms with Gasteiger partial charge in [-0.15, -0.1) is 0 Å². The lowest BCUT2D eigenvalue weighted by molar-refractivity contribution is 0.0939. The predicted octanol–water partition coefficient (Wildman–Crippen LogP) is 0.827. The van der Waals surface area contributed by atoms with Gasteiger partial charge >= 0.3 is 11.4 Å². The molecule has 2 aromatic rings. The first-order valence-electron chi connectivity index (χ1n) is 6.16. The summed E-state index contributed by atoms with van der Waals surface area (Å²) in [5, 5.41) is 2.28. The minimum Gasteiger partial charge on any atom is -0.267 e. The SMILES string of the molecule is CCCCn1c(=O)[nH]n(C(=O)c2ccccc2)c1=O. The van der Waals surface area contributed by atoms with E-state index >= 15 is 0 Å². The minimum atomic E-state index is -0.618. The Morgan fingerprint density at radius 3 is 2.53 bits per heavy atom. The highest BCUT2D eigenvalue weighted by Crippen LogP contribution is 1.99. The standard InChI is InChI=1S/C13H15N3O3/c1-2-3-9-15-12(18)14-16(13(15)19)11(17)10-7-5-4-6-8-10/h4-8H,2-3,9H2,1H3,(H,14,18). The summed E-state index contributed by atoms with van der Waals surface area (Å²) >= 11 is 0. The molecule has 0 atom stereocenters. The van der Waals surface area contributed by atoms with Gasteiger partial charge < -0.3 is 0 Å². The number of benzene rings is 1. The van der Waals surface area contributed by atoms with E-state index in [1.165, 1.54) is 0 Å². The van der Waals surface area contributed by atoms with E-state index in [1.807, 2.05) is 6.92 Å². The van der Waals surface area contributed by atoms with Gasteiger partial charge in [-0.1, -0.05) is 31.5 Å². The van der Waals surface area contributed by atoms with Crippen molar-refractivity contribution >= 4 is 5.91 Å². The Labute approximate surface area is 109 Å². The summed E-state index contributed by atoms with van der Waals surface area (Å²) in [5.41, 5.74) is -0.816. The highest BCUT2D eigenvalue weighted by molar-refractivity contribution is 5.95. The number of aromatic nitrogens is 3. The van der Waals surface area contributed by atoms with Crippen LogP contribution in [-0.2, 0) is 6.54 Å². The van der Waals surface area contributed by atoms with Crippen LogP contribution >= 0.6 is 0 Å². The number of unbranched alkanes of at least 4 members (excludes halogenated alkanes) is 1. The zero-order valence-electron chi connectivity index (χ0n) is 10.6. The van der Waals surface area contributed by atoms with Crippen molar-refractivity contribution in [2.24, 2.45) is 0 Å². The number of nitrogens with zero attached hydrogens (tertiary/aromatic N) is 2. The molecule has 1 N–H and O–H groups in total. The molecule has 100 valence electrons. The van der Waals surface area contributed by atoms with E-state index in [2.05, 4.69) is 5.10 Å². The van der Waals surface area contributed by atoms with Crippen LogP contribution in [0.3, 0.4) is 0 Å². The molecule has 0 saturated carbocycles. The van der Waals surface area contributed by atoms with E-state index in [9.17, 15) is 14.4 Å². The molecule has 2 rings (SSSR count). The fourth-order valence-corrected chi connectivity index (χ4v) is 1.77. The van der Waals surface area contributed by atoms with Gasteiger partial charge in [0.1, 0.15) is 0 Å². The number of H-pyrrole nitrogens is 1. The highest BCUT2D eigenvalue weighted by atomic mass is 16.2. The number of carbonyl (C=O) groups is 1. The summed E-state index contributed by atoms with van der Waals surface area (Å²) in [5.74, 6) is -0.530. The van der Waals surface area contributed by atoms with Crippen LogP contribution in [0.5, 0.6) is 0 Å². The quantitative estimate of drug-likeness (QED) is 0.885. The Balaban J connectivity index is 2.40. The maximum atomic E-state index is 12.1.